The zero-order chi connectivity index (χ0) is 15.6. The molecule has 3 N–H and O–H groups in total. The van der Waals surface area contributed by atoms with E-state index in [0.717, 1.165) is 16.7 Å². The highest BCUT2D eigenvalue weighted by Gasteiger charge is 2.32. The Bertz CT molecular complexity index is 621. The Morgan fingerprint density at radius 3 is 2.10 bits per heavy atom. The quantitative estimate of drug-likeness (QED) is 0.664. The normalized spacial score (nSPS) is 13.2. The Morgan fingerprint density at radius 2 is 1.57 bits per heavy atom. The maximum absolute atomic E-state index is 13.3. The maximum atomic E-state index is 13.3. The maximum Gasteiger partial charge on any atom is 0.123 e. The fourth-order valence-electron chi connectivity index (χ4n) is 2.70. The lowest BCUT2D eigenvalue weighted by molar-refractivity contribution is 0.351. The van der Waals surface area contributed by atoms with Crippen LogP contribution >= 0.6 is 0 Å². The minimum atomic E-state index is -0.384. The highest BCUT2D eigenvalue weighted by Crippen LogP contribution is 2.37. The van der Waals surface area contributed by atoms with E-state index in [-0.39, 0.29) is 23.1 Å². The van der Waals surface area contributed by atoms with E-state index in [4.69, 9.17) is 5.84 Å². The summed E-state index contributed by atoms with van der Waals surface area (Å²) in [5.74, 6) is 5.20. The molecule has 0 aromatic heterocycles. The number of hydrogen-bond acceptors (Lipinski definition) is 2. The summed E-state index contributed by atoms with van der Waals surface area (Å²) in [4.78, 5) is 0. The van der Waals surface area contributed by atoms with Crippen molar-refractivity contribution in [1.29, 1.82) is 0 Å². The van der Waals surface area contributed by atoms with Crippen molar-refractivity contribution in [3.8, 4) is 0 Å². The van der Waals surface area contributed by atoms with Crippen LogP contribution in [0.2, 0.25) is 0 Å². The lowest BCUT2D eigenvalue weighted by Gasteiger charge is -2.35. The molecule has 1 unspecified atom stereocenters. The summed E-state index contributed by atoms with van der Waals surface area (Å²) in [5.41, 5.74) is 5.14. The number of aryl methyl sites for hydroxylation is 1. The minimum Gasteiger partial charge on any atom is -0.271 e. The van der Waals surface area contributed by atoms with Crippen molar-refractivity contribution in [3.63, 3.8) is 0 Å². The van der Waals surface area contributed by atoms with E-state index < -0.39 is 0 Å². The first-order chi connectivity index (χ1) is 9.86. The molecule has 2 aromatic rings. The van der Waals surface area contributed by atoms with Gasteiger partial charge in [0.2, 0.25) is 0 Å². The number of nitrogens with two attached hydrogens (primary N) is 1. The number of hydrazine groups is 1. The molecule has 0 aliphatic rings. The summed E-state index contributed by atoms with van der Waals surface area (Å²) in [5, 5.41) is 0. The summed E-state index contributed by atoms with van der Waals surface area (Å²) in [6.07, 6.45) is 0. The summed E-state index contributed by atoms with van der Waals surface area (Å²) in [7, 11) is 0. The Balaban J connectivity index is 2.45. The molecule has 21 heavy (non-hydrogen) atoms. The van der Waals surface area contributed by atoms with Gasteiger partial charge in [-0.05, 0) is 47.9 Å². The fourth-order valence-corrected chi connectivity index (χ4v) is 2.70. The lowest BCUT2D eigenvalue weighted by atomic mass is 9.74. The molecule has 0 aliphatic heterocycles. The van der Waals surface area contributed by atoms with Crippen LogP contribution in [-0.4, -0.2) is 0 Å². The number of rotatable bonds is 4. The predicted octanol–water partition coefficient (Wildman–Crippen LogP) is 3.76. The SMILES string of the molecule is Cc1cc(F)ccc1C(NN)C(C)(C)c1ccc(F)cc1. The van der Waals surface area contributed by atoms with Crippen LogP contribution in [0.15, 0.2) is 42.5 Å². The van der Waals surface area contributed by atoms with Crippen LogP contribution in [0, 0.1) is 18.6 Å². The van der Waals surface area contributed by atoms with Gasteiger partial charge in [0.05, 0.1) is 6.04 Å². The molecule has 0 radical (unpaired) electrons. The number of halogens is 2. The van der Waals surface area contributed by atoms with E-state index in [0.29, 0.717) is 0 Å². The monoisotopic (exact) mass is 290 g/mol. The molecule has 0 heterocycles. The van der Waals surface area contributed by atoms with Crippen LogP contribution in [0.5, 0.6) is 0 Å². The second kappa shape index (κ2) is 5.92. The standard InChI is InChI=1S/C17H20F2N2/c1-11-10-14(19)8-9-15(11)16(21-20)17(2,3)12-4-6-13(18)7-5-12/h4-10,16,21H,20H2,1-3H3. The van der Waals surface area contributed by atoms with Gasteiger partial charge in [-0.1, -0.05) is 32.0 Å². The highest BCUT2D eigenvalue weighted by molar-refractivity contribution is 5.36. The van der Waals surface area contributed by atoms with Crippen LogP contribution in [0.4, 0.5) is 8.78 Å². The Hall–Kier alpha value is -1.78. The van der Waals surface area contributed by atoms with Crippen LogP contribution in [0.25, 0.3) is 0 Å². The third-order valence-electron chi connectivity index (χ3n) is 4.02. The molecule has 0 bridgehead atoms. The van der Waals surface area contributed by atoms with Crippen LogP contribution in [-0.2, 0) is 5.41 Å². The van der Waals surface area contributed by atoms with E-state index in [9.17, 15) is 8.78 Å². The van der Waals surface area contributed by atoms with Gasteiger partial charge in [-0.25, -0.2) is 8.78 Å². The molecule has 2 nitrogen and oxygen atoms in total. The van der Waals surface area contributed by atoms with Gasteiger partial charge in [-0.15, -0.1) is 0 Å². The summed E-state index contributed by atoms with van der Waals surface area (Å²) in [6, 6.07) is 10.8. The van der Waals surface area contributed by atoms with Crippen molar-refractivity contribution in [2.45, 2.75) is 32.2 Å². The summed E-state index contributed by atoms with van der Waals surface area (Å²) >= 11 is 0. The molecular weight excluding hydrogens is 270 g/mol. The molecule has 0 amide bonds. The topological polar surface area (TPSA) is 38.0 Å². The van der Waals surface area contributed by atoms with E-state index in [1.165, 1.54) is 24.3 Å². The second-order valence-electron chi connectivity index (χ2n) is 5.83. The van der Waals surface area contributed by atoms with Crippen LogP contribution in [0.1, 0.15) is 36.6 Å². The molecule has 4 heteroatoms. The molecule has 1 atom stereocenters. The van der Waals surface area contributed by atoms with Gasteiger partial charge in [0.25, 0.3) is 0 Å². The fraction of sp³-hybridized carbons (Fsp3) is 0.294. The molecule has 0 saturated carbocycles. The zero-order valence-corrected chi connectivity index (χ0v) is 12.5. The summed E-state index contributed by atoms with van der Waals surface area (Å²) in [6.45, 7) is 5.89. The smallest absolute Gasteiger partial charge is 0.123 e. The first-order valence-electron chi connectivity index (χ1n) is 6.84. The highest BCUT2D eigenvalue weighted by atomic mass is 19.1. The molecule has 0 fully saturated rings. The summed E-state index contributed by atoms with van der Waals surface area (Å²) < 4.78 is 26.4. The van der Waals surface area contributed by atoms with E-state index in [2.05, 4.69) is 5.43 Å². The van der Waals surface area contributed by atoms with Crippen molar-refractivity contribution >= 4 is 0 Å². The molecule has 112 valence electrons. The van der Waals surface area contributed by atoms with Crippen molar-refractivity contribution in [1.82, 2.24) is 5.43 Å². The first kappa shape index (κ1) is 15.6. The third-order valence-corrected chi connectivity index (χ3v) is 4.02. The van der Waals surface area contributed by atoms with E-state index >= 15 is 0 Å². The molecule has 0 spiro atoms. The van der Waals surface area contributed by atoms with Crippen molar-refractivity contribution in [2.75, 3.05) is 0 Å². The Kier molecular flexibility index (Phi) is 4.40. The minimum absolute atomic E-state index is 0.219. The molecule has 0 aliphatic carbocycles. The van der Waals surface area contributed by atoms with Crippen molar-refractivity contribution in [3.05, 3.63) is 70.8 Å². The third kappa shape index (κ3) is 3.12. The van der Waals surface area contributed by atoms with Gasteiger partial charge in [0, 0.05) is 5.41 Å². The van der Waals surface area contributed by atoms with Crippen molar-refractivity contribution < 1.29 is 8.78 Å². The van der Waals surface area contributed by atoms with Gasteiger partial charge < -0.3 is 0 Å². The van der Waals surface area contributed by atoms with Gasteiger partial charge in [0.15, 0.2) is 0 Å². The van der Waals surface area contributed by atoms with Gasteiger partial charge in [-0.2, -0.15) is 0 Å². The van der Waals surface area contributed by atoms with Crippen LogP contribution < -0.4 is 11.3 Å². The van der Waals surface area contributed by atoms with Crippen LogP contribution in [0.3, 0.4) is 0 Å². The zero-order valence-electron chi connectivity index (χ0n) is 12.5. The van der Waals surface area contributed by atoms with Gasteiger partial charge >= 0.3 is 0 Å². The molecule has 2 aromatic carbocycles. The first-order valence-corrected chi connectivity index (χ1v) is 6.84. The average Bonchev–Trinajstić information content (AvgIpc) is 2.42. The predicted molar refractivity (Wildman–Crippen MR) is 80.6 cm³/mol. The molecule has 0 saturated heterocycles. The van der Waals surface area contributed by atoms with Gasteiger partial charge in [-0.3, -0.25) is 11.3 Å². The Morgan fingerprint density at radius 1 is 1.00 bits per heavy atom. The van der Waals surface area contributed by atoms with Crippen molar-refractivity contribution in [2.24, 2.45) is 5.84 Å². The molecule has 2 rings (SSSR count). The average molecular weight is 290 g/mol. The number of nitrogens with one attached hydrogen (secondary N) is 1. The largest absolute Gasteiger partial charge is 0.271 e. The Labute approximate surface area is 124 Å². The molecular formula is C17H20F2N2. The lowest BCUT2D eigenvalue weighted by Crippen LogP contribution is -2.41. The van der Waals surface area contributed by atoms with E-state index in [1.54, 1.807) is 18.2 Å². The number of benzene rings is 2. The van der Waals surface area contributed by atoms with E-state index in [1.807, 2.05) is 20.8 Å². The van der Waals surface area contributed by atoms with Gasteiger partial charge in [0.1, 0.15) is 11.6 Å². The number of hydrogen-bond donors (Lipinski definition) is 2. The second-order valence-corrected chi connectivity index (χ2v) is 5.83.